The average Bonchev–Trinajstić information content (AvgIpc) is 1.35. The van der Waals surface area contributed by atoms with Crippen LogP contribution < -0.4 is 0 Å². The van der Waals surface area contributed by atoms with E-state index in [0.717, 1.165) is 0 Å². The number of rotatable bonds is 0. The van der Waals surface area contributed by atoms with Gasteiger partial charge in [-0.1, -0.05) is 0 Å². The third kappa shape index (κ3) is 4.60. The van der Waals surface area contributed by atoms with Crippen molar-refractivity contribution < 1.29 is 0 Å². The fourth-order valence-corrected chi connectivity index (χ4v) is 0. The molecule has 1 heteroatoms. The Labute approximate surface area is 49.5 Å². The van der Waals surface area contributed by atoms with Gasteiger partial charge in [0.1, 0.15) is 0 Å². The van der Waals surface area contributed by atoms with Crippen LogP contribution in [0.4, 0.5) is 0 Å². The standard InChI is InChI=1S/C5H11.Li/c1-5(2,3)4;/h1H2,2-4H3;/q;-1. The molecule has 0 atom stereocenters. The quantitative estimate of drug-likeness (QED) is 0.386. The van der Waals surface area contributed by atoms with Crippen molar-refractivity contribution in [3.63, 3.8) is 0 Å². The van der Waals surface area contributed by atoms with Crippen LogP contribution in [0.5, 0.6) is 0 Å². The van der Waals surface area contributed by atoms with Crippen molar-refractivity contribution in [2.45, 2.75) is 25.9 Å². The van der Waals surface area contributed by atoms with E-state index < -0.39 is 0 Å². The number of hydrogen-bond donors (Lipinski definition) is 0. The predicted octanol–water partition coefficient (Wildman–Crippen LogP) is 1.62. The van der Waals surface area contributed by atoms with Crippen LogP contribution in [0.15, 0.2) is 0 Å². The molecular weight excluding hydrogens is 67.0 g/mol. The van der Waals surface area contributed by atoms with E-state index in [1.54, 1.807) is 0 Å². The molecule has 0 aliphatic carbocycles. The van der Waals surface area contributed by atoms with Gasteiger partial charge in [-0.15, -0.1) is 0 Å². The minimum absolute atomic E-state index is 0.542. The molecule has 0 N–H and O–H groups in total. The van der Waals surface area contributed by atoms with Crippen LogP contribution in [0.2, 0.25) is 5.09 Å². The Morgan fingerprint density at radius 2 is 1.50 bits per heavy atom. The first-order chi connectivity index (χ1) is 2.56. The van der Waals surface area contributed by atoms with E-state index in [9.17, 15) is 0 Å². The van der Waals surface area contributed by atoms with E-state index in [4.69, 9.17) is 0 Å². The molecule has 0 spiro atoms. The van der Waals surface area contributed by atoms with Gasteiger partial charge in [-0.05, 0) is 0 Å². The molecule has 0 nitrogen and oxygen atoms in total. The van der Waals surface area contributed by atoms with E-state index in [-0.39, 0.29) is 0 Å². The maximum atomic E-state index is 2.24. The molecule has 33 valence electrons. The molecule has 6 heavy (non-hydrogen) atoms. The third-order valence-electron chi connectivity index (χ3n) is 1.06. The van der Waals surface area contributed by atoms with Crippen LogP contribution in [-0.4, -0.2) is 17.7 Å². The van der Waals surface area contributed by atoms with Gasteiger partial charge in [-0.3, -0.25) is 0 Å². The second kappa shape index (κ2) is 2.05. The first-order valence-electron chi connectivity index (χ1n) is 2.56. The Morgan fingerprint density at radius 3 is 1.50 bits per heavy atom. The predicted molar refractivity (Wildman–Crippen MR) is 30.0 cm³/mol. The van der Waals surface area contributed by atoms with Crippen LogP contribution >= 0.6 is 0 Å². The molecule has 0 saturated heterocycles. The van der Waals surface area contributed by atoms with Crippen LogP contribution in [0.3, 0.4) is 0 Å². The summed E-state index contributed by atoms with van der Waals surface area (Å²) in [5.74, 6) is 0. The maximum absolute atomic E-state index is 2.24. The molecule has 1 radical (unpaired) electrons. The van der Waals surface area contributed by atoms with Gasteiger partial charge in [0.15, 0.2) is 0 Å². The Kier molecular flexibility index (Phi) is 2.25. The molecule has 0 aliphatic rings. The van der Waals surface area contributed by atoms with Gasteiger partial charge >= 0.3 is 49.0 Å². The molecule has 0 rings (SSSR count). The van der Waals surface area contributed by atoms with Crippen LogP contribution in [0.1, 0.15) is 20.8 Å². The Hall–Kier alpha value is 0.597. The van der Waals surface area contributed by atoms with Crippen molar-refractivity contribution in [3.8, 4) is 0 Å². The topological polar surface area (TPSA) is 0 Å². The van der Waals surface area contributed by atoms with Crippen LogP contribution in [-0.2, 0) is 0 Å². The van der Waals surface area contributed by atoms with E-state index in [0.29, 0.717) is 5.41 Å². The summed E-state index contributed by atoms with van der Waals surface area (Å²) >= 11 is 2.21. The van der Waals surface area contributed by atoms with Crippen molar-refractivity contribution in [3.05, 3.63) is 0 Å². The zero-order chi connectivity index (χ0) is 5.21. The van der Waals surface area contributed by atoms with Crippen molar-refractivity contribution in [2.24, 2.45) is 5.41 Å². The molecule has 0 fully saturated rings. The van der Waals surface area contributed by atoms with Crippen molar-refractivity contribution >= 4 is 17.7 Å². The van der Waals surface area contributed by atoms with E-state index in [2.05, 4.69) is 38.5 Å². The molecule has 0 aliphatic heterocycles. The second-order valence-corrected chi connectivity index (χ2v) is 2.91. The summed E-state index contributed by atoms with van der Waals surface area (Å²) in [6.45, 7) is 6.73. The molecule has 0 amide bonds. The Morgan fingerprint density at radius 1 is 1.33 bits per heavy atom. The van der Waals surface area contributed by atoms with Crippen molar-refractivity contribution in [1.29, 1.82) is 0 Å². The SMILES string of the molecule is [Li-][CH2]C(C)(C)C. The van der Waals surface area contributed by atoms with Gasteiger partial charge in [0, 0.05) is 0 Å². The van der Waals surface area contributed by atoms with Gasteiger partial charge < -0.3 is 0 Å². The van der Waals surface area contributed by atoms with Gasteiger partial charge in [-0.2, -0.15) is 0 Å². The zero-order valence-corrected chi connectivity index (χ0v) is 5.21. The van der Waals surface area contributed by atoms with Gasteiger partial charge in [0.05, 0.1) is 0 Å². The molecule has 0 aromatic heterocycles. The minimum atomic E-state index is 0.542. The molecule has 0 heterocycles. The fourth-order valence-electron chi connectivity index (χ4n) is 0. The molecule has 0 aromatic carbocycles. The zero-order valence-electron chi connectivity index (χ0n) is 5.21. The fraction of sp³-hybridized carbons (Fsp3) is 1.00. The van der Waals surface area contributed by atoms with Crippen molar-refractivity contribution in [1.82, 2.24) is 0 Å². The van der Waals surface area contributed by atoms with E-state index in [1.807, 2.05) is 0 Å². The second-order valence-electron chi connectivity index (χ2n) is 2.91. The van der Waals surface area contributed by atoms with Crippen LogP contribution in [0, 0.1) is 5.41 Å². The number of hydrogen-bond acceptors (Lipinski definition) is 0. The normalized spacial score (nSPS) is 11.7. The summed E-state index contributed by atoms with van der Waals surface area (Å²) in [6, 6.07) is 0. The monoisotopic (exact) mass is 78.1 g/mol. The molecular formula is C5H11Li-. The van der Waals surface area contributed by atoms with Crippen molar-refractivity contribution in [2.75, 3.05) is 0 Å². The Bertz CT molecular complexity index is 33.7. The first kappa shape index (κ1) is 6.60. The van der Waals surface area contributed by atoms with E-state index in [1.165, 1.54) is 5.09 Å². The molecule has 0 aromatic rings. The summed E-state index contributed by atoms with van der Waals surface area (Å²) in [5.41, 5.74) is 0.542. The summed E-state index contributed by atoms with van der Waals surface area (Å²) in [5, 5.41) is 1.27. The summed E-state index contributed by atoms with van der Waals surface area (Å²) < 4.78 is 0. The van der Waals surface area contributed by atoms with Crippen LogP contribution in [0.25, 0.3) is 0 Å². The van der Waals surface area contributed by atoms with Gasteiger partial charge in [0.25, 0.3) is 0 Å². The summed E-state index contributed by atoms with van der Waals surface area (Å²) in [7, 11) is 0. The molecule has 0 bridgehead atoms. The summed E-state index contributed by atoms with van der Waals surface area (Å²) in [6.07, 6.45) is 0. The third-order valence-corrected chi connectivity index (χ3v) is 1.06. The first-order valence-corrected chi connectivity index (χ1v) is 2.56. The van der Waals surface area contributed by atoms with Gasteiger partial charge in [0.2, 0.25) is 0 Å². The Balaban J connectivity index is 3.17. The summed E-state index contributed by atoms with van der Waals surface area (Å²) in [4.78, 5) is 0. The molecule has 0 saturated carbocycles. The van der Waals surface area contributed by atoms with E-state index >= 15 is 0 Å². The molecule has 0 unspecified atom stereocenters. The average molecular weight is 78.1 g/mol. The van der Waals surface area contributed by atoms with Gasteiger partial charge in [-0.25, -0.2) is 0 Å².